The van der Waals surface area contributed by atoms with E-state index in [1.54, 1.807) is 13.3 Å². The number of ether oxygens (including phenoxy) is 2. The summed E-state index contributed by atoms with van der Waals surface area (Å²) in [6, 6.07) is 12.0. The van der Waals surface area contributed by atoms with Gasteiger partial charge < -0.3 is 9.47 Å². The smallest absolute Gasteiger partial charge is 0.247 e. The summed E-state index contributed by atoms with van der Waals surface area (Å²) in [6.45, 7) is 0.356. The molecule has 2 heterocycles. The summed E-state index contributed by atoms with van der Waals surface area (Å²) >= 11 is 0. The highest BCUT2D eigenvalue weighted by Gasteiger charge is 2.42. The number of aromatic nitrogens is 1. The van der Waals surface area contributed by atoms with Crippen LogP contribution < -0.4 is 9.47 Å². The molecular weight excluding hydrogens is 426 g/mol. The molecule has 1 aromatic heterocycles. The Morgan fingerprint density at radius 3 is 2.50 bits per heavy atom. The van der Waals surface area contributed by atoms with E-state index in [1.807, 2.05) is 41.4 Å². The molecule has 0 N–H and O–H groups in total. The molecule has 3 aliphatic rings. The van der Waals surface area contributed by atoms with Crippen molar-refractivity contribution < 1.29 is 14.3 Å². The highest BCUT2D eigenvalue weighted by atomic mass is 16.5. The molecule has 34 heavy (non-hydrogen) atoms. The molecule has 1 aromatic carbocycles. The molecule has 5 rings (SSSR count). The standard InChI is InChI=1S/C28H33N3O3/c1-33-25-16-15-20(18-26(25)34-19-21-10-8-9-17-29-21)27-23-13-6-7-14-24(23)28(32)31(30-27)22-11-4-2-3-5-12-22/h6-10,15-18,22-24H,2-5,11-14,19H2,1H3/t23-,24+/m0/s1. The Hall–Kier alpha value is -3.15. The van der Waals surface area contributed by atoms with Crippen LogP contribution in [0.25, 0.3) is 0 Å². The fourth-order valence-corrected chi connectivity index (χ4v) is 5.42. The van der Waals surface area contributed by atoms with Gasteiger partial charge in [0.2, 0.25) is 5.91 Å². The molecule has 1 aliphatic heterocycles. The molecule has 0 bridgehead atoms. The minimum Gasteiger partial charge on any atom is -0.493 e. The number of methoxy groups -OCH3 is 1. The van der Waals surface area contributed by atoms with E-state index in [-0.39, 0.29) is 23.8 Å². The first-order valence-electron chi connectivity index (χ1n) is 12.5. The van der Waals surface area contributed by atoms with Gasteiger partial charge in [-0.25, -0.2) is 5.01 Å². The zero-order chi connectivity index (χ0) is 23.3. The molecule has 2 atom stereocenters. The predicted octanol–water partition coefficient (Wildman–Crippen LogP) is 5.52. The van der Waals surface area contributed by atoms with Crippen molar-refractivity contribution in [3.63, 3.8) is 0 Å². The molecule has 6 heteroatoms. The molecule has 0 spiro atoms. The molecule has 2 aromatic rings. The number of carbonyl (C=O) groups excluding carboxylic acids is 1. The van der Waals surface area contributed by atoms with Gasteiger partial charge in [-0.2, -0.15) is 5.10 Å². The van der Waals surface area contributed by atoms with E-state index in [1.165, 1.54) is 25.7 Å². The van der Waals surface area contributed by atoms with Crippen molar-refractivity contribution >= 4 is 11.6 Å². The third-order valence-electron chi connectivity index (χ3n) is 7.27. The summed E-state index contributed by atoms with van der Waals surface area (Å²) in [4.78, 5) is 17.9. The van der Waals surface area contributed by atoms with Gasteiger partial charge in [-0.05, 0) is 56.0 Å². The Labute approximate surface area is 201 Å². The highest BCUT2D eigenvalue weighted by Crippen LogP contribution is 2.39. The Morgan fingerprint density at radius 1 is 0.971 bits per heavy atom. The molecule has 6 nitrogen and oxygen atoms in total. The average molecular weight is 460 g/mol. The van der Waals surface area contributed by atoms with Crippen molar-refractivity contribution in [2.24, 2.45) is 16.9 Å². The van der Waals surface area contributed by atoms with Gasteiger partial charge >= 0.3 is 0 Å². The van der Waals surface area contributed by atoms with Crippen LogP contribution in [-0.2, 0) is 11.4 Å². The third-order valence-corrected chi connectivity index (χ3v) is 7.27. The number of carbonyl (C=O) groups is 1. The zero-order valence-electron chi connectivity index (χ0n) is 19.9. The molecule has 0 saturated heterocycles. The molecule has 0 unspecified atom stereocenters. The Kier molecular flexibility index (Phi) is 6.93. The number of pyridine rings is 1. The average Bonchev–Trinajstić information content (AvgIpc) is 3.18. The van der Waals surface area contributed by atoms with E-state index >= 15 is 0 Å². The van der Waals surface area contributed by atoms with Gasteiger partial charge in [-0.1, -0.05) is 43.9 Å². The van der Waals surface area contributed by atoms with Crippen LogP contribution >= 0.6 is 0 Å². The molecule has 0 radical (unpaired) electrons. The van der Waals surface area contributed by atoms with Crippen molar-refractivity contribution in [3.05, 3.63) is 66.0 Å². The van der Waals surface area contributed by atoms with Crippen LogP contribution in [0.3, 0.4) is 0 Å². The number of hydrazone groups is 1. The SMILES string of the molecule is COc1ccc(C2=NN(C3CCCCCC3)C(=O)[C@@H]3CC=CC[C@H]23)cc1OCc1ccccn1. The molecule has 178 valence electrons. The van der Waals surface area contributed by atoms with Crippen molar-refractivity contribution in [1.82, 2.24) is 9.99 Å². The zero-order valence-corrected chi connectivity index (χ0v) is 19.9. The first-order valence-corrected chi connectivity index (χ1v) is 12.5. The lowest BCUT2D eigenvalue weighted by molar-refractivity contribution is -0.140. The van der Waals surface area contributed by atoms with E-state index in [9.17, 15) is 4.79 Å². The van der Waals surface area contributed by atoms with Crippen LogP contribution in [0.1, 0.15) is 62.6 Å². The van der Waals surface area contributed by atoms with Gasteiger partial charge in [0, 0.05) is 17.7 Å². The fraction of sp³-hybridized carbons (Fsp3) is 0.464. The minimum atomic E-state index is -0.0410. The van der Waals surface area contributed by atoms with Crippen molar-refractivity contribution in [2.75, 3.05) is 7.11 Å². The lowest BCUT2D eigenvalue weighted by Gasteiger charge is -2.40. The van der Waals surface area contributed by atoms with Gasteiger partial charge in [-0.3, -0.25) is 9.78 Å². The number of hydrogen-bond acceptors (Lipinski definition) is 5. The van der Waals surface area contributed by atoms with Crippen molar-refractivity contribution in [1.29, 1.82) is 0 Å². The number of fused-ring (bicyclic) bond motifs is 1. The van der Waals surface area contributed by atoms with Gasteiger partial charge in [0.25, 0.3) is 0 Å². The van der Waals surface area contributed by atoms with Crippen LogP contribution in [0.5, 0.6) is 11.5 Å². The number of amides is 1. The number of hydrogen-bond donors (Lipinski definition) is 0. The second kappa shape index (κ2) is 10.4. The van der Waals surface area contributed by atoms with Crippen molar-refractivity contribution in [3.8, 4) is 11.5 Å². The van der Waals surface area contributed by atoms with Crippen LogP contribution in [0.4, 0.5) is 0 Å². The number of rotatable bonds is 6. The van der Waals surface area contributed by atoms with E-state index in [2.05, 4.69) is 17.1 Å². The topological polar surface area (TPSA) is 64.0 Å². The third kappa shape index (κ3) is 4.72. The van der Waals surface area contributed by atoms with E-state index in [0.717, 1.165) is 42.7 Å². The monoisotopic (exact) mass is 459 g/mol. The Bertz CT molecular complexity index is 1060. The number of benzene rings is 1. The molecule has 1 fully saturated rings. The van der Waals surface area contributed by atoms with Crippen LogP contribution in [0.2, 0.25) is 0 Å². The lowest BCUT2D eigenvalue weighted by atomic mass is 9.76. The summed E-state index contributed by atoms with van der Waals surface area (Å²) < 4.78 is 11.7. The summed E-state index contributed by atoms with van der Waals surface area (Å²) in [7, 11) is 1.65. The first kappa shape index (κ1) is 22.6. The summed E-state index contributed by atoms with van der Waals surface area (Å²) in [6.07, 6.45) is 14.6. The van der Waals surface area contributed by atoms with Gasteiger partial charge in [-0.15, -0.1) is 0 Å². The van der Waals surface area contributed by atoms with Gasteiger partial charge in [0.1, 0.15) is 6.61 Å². The second-order valence-corrected chi connectivity index (χ2v) is 9.44. The molecule has 1 saturated carbocycles. The van der Waals surface area contributed by atoms with E-state index in [0.29, 0.717) is 18.1 Å². The van der Waals surface area contributed by atoms with Gasteiger partial charge in [0.05, 0.1) is 30.5 Å². The maximum atomic E-state index is 13.5. The largest absolute Gasteiger partial charge is 0.493 e. The van der Waals surface area contributed by atoms with Gasteiger partial charge in [0.15, 0.2) is 11.5 Å². The fourth-order valence-electron chi connectivity index (χ4n) is 5.42. The maximum Gasteiger partial charge on any atom is 0.247 e. The van der Waals surface area contributed by atoms with E-state index < -0.39 is 0 Å². The normalized spacial score (nSPS) is 23.1. The van der Waals surface area contributed by atoms with Crippen molar-refractivity contribution in [2.45, 2.75) is 64.0 Å². The van der Waals surface area contributed by atoms with Crippen LogP contribution in [0, 0.1) is 11.8 Å². The van der Waals surface area contributed by atoms with E-state index in [4.69, 9.17) is 14.6 Å². The van der Waals surface area contributed by atoms with Crippen LogP contribution in [-0.4, -0.2) is 34.8 Å². The first-order chi connectivity index (χ1) is 16.7. The molecule has 1 amide bonds. The number of nitrogens with zero attached hydrogens (tertiary/aromatic N) is 3. The number of allylic oxidation sites excluding steroid dienone is 2. The highest BCUT2D eigenvalue weighted by molar-refractivity contribution is 6.07. The minimum absolute atomic E-state index is 0.0410. The quantitative estimate of drug-likeness (QED) is 0.421. The maximum absolute atomic E-state index is 13.5. The molecular formula is C28H33N3O3. The lowest BCUT2D eigenvalue weighted by Crippen LogP contribution is -2.49. The van der Waals surface area contributed by atoms with Crippen LogP contribution in [0.15, 0.2) is 59.8 Å². The predicted molar refractivity (Wildman–Crippen MR) is 132 cm³/mol. The second-order valence-electron chi connectivity index (χ2n) is 9.44. The summed E-state index contributed by atoms with van der Waals surface area (Å²) in [5.74, 6) is 1.59. The summed E-state index contributed by atoms with van der Waals surface area (Å²) in [5, 5.41) is 6.90. The Morgan fingerprint density at radius 2 is 1.76 bits per heavy atom. The summed E-state index contributed by atoms with van der Waals surface area (Å²) in [5.41, 5.74) is 2.84. The molecule has 2 aliphatic carbocycles. The Balaban J connectivity index is 1.48.